The summed E-state index contributed by atoms with van der Waals surface area (Å²) in [5.41, 5.74) is 9.20. The van der Waals surface area contributed by atoms with E-state index in [1.165, 1.54) is 23.8 Å². The summed E-state index contributed by atoms with van der Waals surface area (Å²) in [6.07, 6.45) is 2.47. The van der Waals surface area contributed by atoms with E-state index >= 15 is 0 Å². The highest BCUT2D eigenvalue weighted by molar-refractivity contribution is 7.98. The number of methoxy groups -OCH3 is 1. The van der Waals surface area contributed by atoms with Gasteiger partial charge in [-0.2, -0.15) is 11.8 Å². The Morgan fingerprint density at radius 1 is 0.739 bits per heavy atom. The normalized spacial score (nSPS) is 11.5. The zero-order valence-electron chi connectivity index (χ0n) is 26.6. The average Bonchev–Trinajstić information content (AvgIpc) is 3.10. The van der Waals surface area contributed by atoms with Gasteiger partial charge in [-0.15, -0.1) is 0 Å². The largest absolute Gasteiger partial charge is 0.467 e. The highest BCUT2D eigenvalue weighted by atomic mass is 32.2. The van der Waals surface area contributed by atoms with Crippen molar-refractivity contribution in [1.29, 1.82) is 0 Å². The van der Waals surface area contributed by atoms with Crippen molar-refractivity contribution >= 4 is 29.3 Å². The Morgan fingerprint density at radius 2 is 1.35 bits per heavy atom. The predicted molar refractivity (Wildman–Crippen MR) is 191 cm³/mol. The van der Waals surface area contributed by atoms with Crippen LogP contribution < -0.4 is 10.2 Å². The maximum absolute atomic E-state index is 13.7. The second-order valence-corrected chi connectivity index (χ2v) is 12.3. The minimum absolute atomic E-state index is 0.292. The topological polar surface area (TPSA) is 58.6 Å². The number of carbonyl (C=O) groups is 2. The SMILES string of the molecule is COC(=O)[C@H](CCSC)NC(=O)c1ccc(CN(Cc2ccc(-c3ccccc3)cc2)c2ccccc2)cc1-c1ccccc1C. The monoisotopic (exact) mass is 628 g/mol. The number of thioether (sulfide) groups is 1. The van der Waals surface area contributed by atoms with Gasteiger partial charge in [-0.1, -0.05) is 103 Å². The molecular formula is C40H40N2O3S. The molecule has 46 heavy (non-hydrogen) atoms. The highest BCUT2D eigenvalue weighted by Crippen LogP contribution is 2.30. The van der Waals surface area contributed by atoms with Crippen LogP contribution in [0.5, 0.6) is 0 Å². The minimum Gasteiger partial charge on any atom is -0.467 e. The summed E-state index contributed by atoms with van der Waals surface area (Å²) in [4.78, 5) is 28.6. The van der Waals surface area contributed by atoms with Crippen molar-refractivity contribution in [2.45, 2.75) is 32.5 Å². The molecule has 5 nitrogen and oxygen atoms in total. The molecule has 0 saturated heterocycles. The lowest BCUT2D eigenvalue weighted by molar-refractivity contribution is -0.142. The van der Waals surface area contributed by atoms with Crippen LogP contribution in [0.3, 0.4) is 0 Å². The molecule has 0 aliphatic heterocycles. The number of nitrogens with zero attached hydrogens (tertiary/aromatic N) is 1. The molecule has 0 fully saturated rings. The maximum Gasteiger partial charge on any atom is 0.328 e. The van der Waals surface area contributed by atoms with Crippen molar-refractivity contribution in [3.63, 3.8) is 0 Å². The van der Waals surface area contributed by atoms with Gasteiger partial charge in [-0.25, -0.2) is 4.79 Å². The molecule has 0 heterocycles. The molecule has 0 radical (unpaired) electrons. The fourth-order valence-electron chi connectivity index (χ4n) is 5.60. The first-order chi connectivity index (χ1) is 22.5. The number of esters is 1. The molecule has 6 heteroatoms. The van der Waals surface area contributed by atoms with Crippen LogP contribution in [0.15, 0.2) is 127 Å². The van der Waals surface area contributed by atoms with Crippen LogP contribution in [0.4, 0.5) is 5.69 Å². The molecule has 1 atom stereocenters. The molecule has 5 aromatic rings. The van der Waals surface area contributed by atoms with Crippen LogP contribution in [-0.2, 0) is 22.6 Å². The Morgan fingerprint density at radius 3 is 2.02 bits per heavy atom. The van der Waals surface area contributed by atoms with E-state index in [0.717, 1.165) is 40.2 Å². The molecule has 5 aromatic carbocycles. The smallest absolute Gasteiger partial charge is 0.328 e. The van der Waals surface area contributed by atoms with E-state index in [4.69, 9.17) is 4.74 Å². The van der Waals surface area contributed by atoms with Gasteiger partial charge in [0.05, 0.1) is 7.11 Å². The van der Waals surface area contributed by atoms with Crippen molar-refractivity contribution in [3.05, 3.63) is 150 Å². The molecular weight excluding hydrogens is 589 g/mol. The van der Waals surface area contributed by atoms with Crippen molar-refractivity contribution in [1.82, 2.24) is 5.32 Å². The van der Waals surface area contributed by atoms with E-state index in [1.807, 2.05) is 48.7 Å². The number of anilines is 1. The third-order valence-electron chi connectivity index (χ3n) is 8.09. The first-order valence-electron chi connectivity index (χ1n) is 15.5. The Balaban J connectivity index is 1.46. The van der Waals surface area contributed by atoms with Crippen LogP contribution in [-0.4, -0.2) is 37.0 Å². The van der Waals surface area contributed by atoms with Gasteiger partial charge >= 0.3 is 5.97 Å². The summed E-state index contributed by atoms with van der Waals surface area (Å²) in [5, 5.41) is 2.95. The summed E-state index contributed by atoms with van der Waals surface area (Å²) < 4.78 is 4.99. The zero-order chi connectivity index (χ0) is 32.3. The van der Waals surface area contributed by atoms with E-state index in [1.54, 1.807) is 11.8 Å². The lowest BCUT2D eigenvalue weighted by Gasteiger charge is -2.26. The van der Waals surface area contributed by atoms with Crippen LogP contribution in [0.25, 0.3) is 22.3 Å². The number of hydrogen-bond donors (Lipinski definition) is 1. The maximum atomic E-state index is 13.7. The molecule has 0 aliphatic carbocycles. The van der Waals surface area contributed by atoms with Crippen LogP contribution in [0.2, 0.25) is 0 Å². The molecule has 0 unspecified atom stereocenters. The Bertz CT molecular complexity index is 1740. The Labute approximate surface area is 276 Å². The first-order valence-corrected chi connectivity index (χ1v) is 16.9. The fraction of sp³-hybridized carbons (Fsp3) is 0.200. The molecule has 0 aromatic heterocycles. The zero-order valence-corrected chi connectivity index (χ0v) is 27.4. The van der Waals surface area contributed by atoms with E-state index < -0.39 is 12.0 Å². The Hall–Kier alpha value is -4.81. The quantitative estimate of drug-likeness (QED) is 0.132. The molecule has 0 aliphatic rings. The summed E-state index contributed by atoms with van der Waals surface area (Å²) in [7, 11) is 1.35. The number of carbonyl (C=O) groups excluding carboxylic acids is 2. The number of aryl methyl sites for hydroxylation is 1. The van der Waals surface area contributed by atoms with Crippen molar-refractivity contribution in [2.75, 3.05) is 24.0 Å². The van der Waals surface area contributed by atoms with Crippen molar-refractivity contribution < 1.29 is 14.3 Å². The van der Waals surface area contributed by atoms with Gasteiger partial charge in [0.15, 0.2) is 0 Å². The number of hydrogen-bond acceptors (Lipinski definition) is 5. The third kappa shape index (κ3) is 8.26. The third-order valence-corrected chi connectivity index (χ3v) is 8.74. The predicted octanol–water partition coefficient (Wildman–Crippen LogP) is 8.56. The molecule has 0 spiro atoms. The van der Waals surface area contributed by atoms with E-state index in [0.29, 0.717) is 18.5 Å². The molecule has 1 N–H and O–H groups in total. The Kier molecular flexibility index (Phi) is 11.3. The highest BCUT2D eigenvalue weighted by Gasteiger charge is 2.24. The number of amides is 1. The van der Waals surface area contributed by atoms with E-state index in [2.05, 4.69) is 102 Å². The molecule has 234 valence electrons. The summed E-state index contributed by atoms with van der Waals surface area (Å²) in [6, 6.07) is 42.9. The number of ether oxygens (including phenoxy) is 1. The van der Waals surface area contributed by atoms with E-state index in [-0.39, 0.29) is 5.91 Å². The lowest BCUT2D eigenvalue weighted by Crippen LogP contribution is -2.42. The van der Waals surface area contributed by atoms with Crippen molar-refractivity contribution in [2.24, 2.45) is 0 Å². The average molecular weight is 629 g/mol. The van der Waals surface area contributed by atoms with E-state index in [9.17, 15) is 9.59 Å². The van der Waals surface area contributed by atoms with Gasteiger partial charge in [-0.05, 0) is 88.6 Å². The molecule has 0 bridgehead atoms. The fourth-order valence-corrected chi connectivity index (χ4v) is 6.07. The van der Waals surface area contributed by atoms with Gasteiger partial charge in [-0.3, -0.25) is 4.79 Å². The summed E-state index contributed by atoms with van der Waals surface area (Å²) in [6.45, 7) is 3.41. The first kappa shape index (κ1) is 32.6. The van der Waals surface area contributed by atoms with Crippen LogP contribution >= 0.6 is 11.8 Å². The summed E-state index contributed by atoms with van der Waals surface area (Å²) in [5.74, 6) is -0.00000164. The minimum atomic E-state index is -0.712. The second kappa shape index (κ2) is 16.0. The van der Waals surface area contributed by atoms with Gasteiger partial charge in [0.2, 0.25) is 0 Å². The number of para-hydroxylation sites is 1. The van der Waals surface area contributed by atoms with Crippen LogP contribution in [0, 0.1) is 6.92 Å². The summed E-state index contributed by atoms with van der Waals surface area (Å²) >= 11 is 1.62. The van der Waals surface area contributed by atoms with Crippen LogP contribution in [0.1, 0.15) is 33.5 Å². The van der Waals surface area contributed by atoms with Crippen molar-refractivity contribution in [3.8, 4) is 22.3 Å². The number of nitrogens with one attached hydrogen (secondary N) is 1. The second-order valence-electron chi connectivity index (χ2n) is 11.3. The van der Waals surface area contributed by atoms with Gasteiger partial charge < -0.3 is 15.0 Å². The van der Waals surface area contributed by atoms with Gasteiger partial charge in [0, 0.05) is 24.3 Å². The lowest BCUT2D eigenvalue weighted by atomic mass is 9.93. The molecule has 1 amide bonds. The molecule has 5 rings (SSSR count). The number of rotatable bonds is 13. The van der Waals surface area contributed by atoms with Gasteiger partial charge in [0.1, 0.15) is 6.04 Å². The standard InChI is InChI=1S/C40H40N2O3S/c1-29-12-10-11-17-35(29)37-26-31(20-23-36(37)39(43)41-38(24-25-46-3)40(44)45-2)28-42(34-15-8-5-9-16-34)27-30-18-21-33(22-19-30)32-13-6-4-7-14-32/h4-23,26,38H,24-25,27-28H2,1-3H3,(H,41,43)/t38-/m0/s1. The van der Waals surface area contributed by atoms with Gasteiger partial charge in [0.25, 0.3) is 5.91 Å². The number of benzene rings is 5. The molecule has 0 saturated carbocycles.